The first-order chi connectivity index (χ1) is 9.24. The number of carbonyl (C=O) groups excluding carboxylic acids is 1. The molecule has 4 nitrogen and oxygen atoms in total. The number of ether oxygens (including phenoxy) is 1. The molecule has 0 aliphatic carbocycles. The topological polar surface area (TPSA) is 53.3 Å². The van der Waals surface area contributed by atoms with Gasteiger partial charge in [0.25, 0.3) is 0 Å². The summed E-state index contributed by atoms with van der Waals surface area (Å²) in [5.41, 5.74) is 1.50. The molecular formula is C15H16N2O2. The molecule has 2 unspecified atom stereocenters. The van der Waals surface area contributed by atoms with Gasteiger partial charge < -0.3 is 9.64 Å². The highest BCUT2D eigenvalue weighted by Gasteiger charge is 2.42. The van der Waals surface area contributed by atoms with Crippen molar-refractivity contribution in [3.8, 4) is 11.8 Å². The van der Waals surface area contributed by atoms with Crippen molar-refractivity contribution in [3.63, 3.8) is 0 Å². The van der Waals surface area contributed by atoms with Crippen LogP contribution in [0.3, 0.4) is 0 Å². The molecule has 0 N–H and O–H groups in total. The van der Waals surface area contributed by atoms with Crippen LogP contribution < -0.4 is 9.64 Å². The van der Waals surface area contributed by atoms with Crippen LogP contribution in [0.15, 0.2) is 18.2 Å². The summed E-state index contributed by atoms with van der Waals surface area (Å²) in [5.74, 6) is 1.07. The number of anilines is 1. The zero-order valence-electron chi connectivity index (χ0n) is 10.9. The van der Waals surface area contributed by atoms with Gasteiger partial charge in [0.15, 0.2) is 0 Å². The number of hydrogen-bond donors (Lipinski definition) is 0. The van der Waals surface area contributed by atoms with Gasteiger partial charge in [-0.3, -0.25) is 4.79 Å². The van der Waals surface area contributed by atoms with Crippen LogP contribution >= 0.6 is 0 Å². The molecule has 2 heterocycles. The van der Waals surface area contributed by atoms with Crippen molar-refractivity contribution >= 4 is 11.5 Å². The minimum absolute atomic E-state index is 0.231. The predicted octanol–water partition coefficient (Wildman–Crippen LogP) is 2.27. The first kappa shape index (κ1) is 12.0. The van der Waals surface area contributed by atoms with Crippen LogP contribution in [0, 0.1) is 11.3 Å². The standard InChI is InChI=1S/C15H16N2O2/c1-19-14-4-2-3-10(9-16)15(14)17-11-5-6-12(17)8-13(18)7-11/h2-4,11-12H,5-8H2,1H3. The molecule has 4 heteroatoms. The first-order valence-electron chi connectivity index (χ1n) is 6.61. The molecule has 1 aromatic rings. The largest absolute Gasteiger partial charge is 0.495 e. The highest BCUT2D eigenvalue weighted by Crippen LogP contribution is 2.43. The first-order valence-corrected chi connectivity index (χ1v) is 6.61. The maximum atomic E-state index is 11.7. The second-order valence-corrected chi connectivity index (χ2v) is 5.21. The molecule has 98 valence electrons. The van der Waals surface area contributed by atoms with Gasteiger partial charge in [-0.15, -0.1) is 0 Å². The Kier molecular flexibility index (Phi) is 2.90. The maximum absolute atomic E-state index is 11.7. The molecule has 3 rings (SSSR count). The lowest BCUT2D eigenvalue weighted by Crippen LogP contribution is -2.43. The third-order valence-corrected chi connectivity index (χ3v) is 4.14. The van der Waals surface area contributed by atoms with Crippen LogP contribution in [0.1, 0.15) is 31.2 Å². The Balaban J connectivity index is 2.08. The van der Waals surface area contributed by atoms with E-state index in [1.165, 1.54) is 0 Å². The van der Waals surface area contributed by atoms with E-state index in [2.05, 4.69) is 11.0 Å². The lowest BCUT2D eigenvalue weighted by molar-refractivity contribution is -0.120. The lowest BCUT2D eigenvalue weighted by Gasteiger charge is -2.37. The monoisotopic (exact) mass is 256 g/mol. The fourth-order valence-electron chi connectivity index (χ4n) is 3.38. The highest BCUT2D eigenvalue weighted by atomic mass is 16.5. The summed E-state index contributed by atoms with van der Waals surface area (Å²) in [6.07, 6.45) is 3.25. The third kappa shape index (κ3) is 1.86. The number of nitrogens with zero attached hydrogens (tertiary/aromatic N) is 2. The summed E-state index contributed by atoms with van der Waals surface area (Å²) in [7, 11) is 1.62. The molecule has 2 atom stereocenters. The van der Waals surface area contributed by atoms with Gasteiger partial charge in [-0.1, -0.05) is 6.07 Å². The number of Topliss-reactive ketones (excluding diaryl/α,β-unsaturated/α-hetero) is 1. The number of nitriles is 1. The molecule has 0 radical (unpaired) electrons. The van der Waals surface area contributed by atoms with E-state index in [1.807, 2.05) is 18.2 Å². The Hall–Kier alpha value is -2.02. The molecule has 2 fully saturated rings. The smallest absolute Gasteiger partial charge is 0.143 e. The summed E-state index contributed by atoms with van der Waals surface area (Å²) >= 11 is 0. The molecule has 1 aromatic carbocycles. The summed E-state index contributed by atoms with van der Waals surface area (Å²) in [4.78, 5) is 13.9. The number of rotatable bonds is 2. The van der Waals surface area contributed by atoms with Crippen molar-refractivity contribution in [1.82, 2.24) is 0 Å². The van der Waals surface area contributed by atoms with Crippen LogP contribution in [-0.2, 0) is 4.79 Å². The average molecular weight is 256 g/mol. The number of hydrogen-bond acceptors (Lipinski definition) is 4. The van der Waals surface area contributed by atoms with Crippen molar-refractivity contribution in [1.29, 1.82) is 5.26 Å². The molecule has 2 saturated heterocycles. The summed E-state index contributed by atoms with van der Waals surface area (Å²) in [6, 6.07) is 8.23. The van der Waals surface area contributed by atoms with Crippen LogP contribution in [0.5, 0.6) is 5.75 Å². The molecular weight excluding hydrogens is 240 g/mol. The SMILES string of the molecule is COc1cccc(C#N)c1N1C2CCC1CC(=O)C2. The van der Waals surface area contributed by atoms with E-state index in [1.54, 1.807) is 7.11 Å². The number of fused-ring (bicyclic) bond motifs is 2. The van der Waals surface area contributed by atoms with E-state index >= 15 is 0 Å². The number of piperidine rings is 1. The second kappa shape index (κ2) is 4.58. The van der Waals surface area contributed by atoms with Gasteiger partial charge in [-0.25, -0.2) is 0 Å². The van der Waals surface area contributed by atoms with E-state index in [4.69, 9.17) is 4.74 Å². The zero-order chi connectivity index (χ0) is 13.4. The molecule has 0 amide bonds. The number of ketones is 1. The number of para-hydroxylation sites is 1. The molecule has 2 bridgehead atoms. The Morgan fingerprint density at radius 2 is 2.00 bits per heavy atom. The van der Waals surface area contributed by atoms with Gasteiger partial charge in [0, 0.05) is 24.9 Å². The van der Waals surface area contributed by atoms with Crippen molar-refractivity contribution in [2.75, 3.05) is 12.0 Å². The van der Waals surface area contributed by atoms with Gasteiger partial charge in [-0.05, 0) is 25.0 Å². The summed E-state index contributed by atoms with van der Waals surface area (Å²) in [6.45, 7) is 0. The van der Waals surface area contributed by atoms with Crippen molar-refractivity contribution in [2.45, 2.75) is 37.8 Å². The lowest BCUT2D eigenvalue weighted by atomic mass is 9.99. The van der Waals surface area contributed by atoms with Crippen LogP contribution in [0.2, 0.25) is 0 Å². The van der Waals surface area contributed by atoms with Crippen molar-refractivity contribution < 1.29 is 9.53 Å². The molecule has 2 aliphatic rings. The summed E-state index contributed by atoms with van der Waals surface area (Å²) < 4.78 is 5.41. The number of benzene rings is 1. The molecule has 0 spiro atoms. The number of carbonyl (C=O) groups is 1. The molecule has 19 heavy (non-hydrogen) atoms. The minimum atomic E-state index is 0.231. The van der Waals surface area contributed by atoms with E-state index in [0.717, 1.165) is 24.3 Å². The fourth-order valence-corrected chi connectivity index (χ4v) is 3.38. The van der Waals surface area contributed by atoms with Crippen molar-refractivity contribution in [2.24, 2.45) is 0 Å². The van der Waals surface area contributed by atoms with Gasteiger partial charge in [0.1, 0.15) is 17.6 Å². The number of methoxy groups -OCH3 is 1. The Morgan fingerprint density at radius 1 is 1.32 bits per heavy atom. The van der Waals surface area contributed by atoms with Gasteiger partial charge in [-0.2, -0.15) is 5.26 Å². The van der Waals surface area contributed by atoms with Gasteiger partial charge in [0.05, 0.1) is 18.4 Å². The van der Waals surface area contributed by atoms with E-state index < -0.39 is 0 Å². The zero-order valence-corrected chi connectivity index (χ0v) is 10.9. The normalized spacial score (nSPS) is 25.3. The average Bonchev–Trinajstić information content (AvgIpc) is 2.69. The highest BCUT2D eigenvalue weighted by molar-refractivity contribution is 5.84. The van der Waals surface area contributed by atoms with E-state index in [9.17, 15) is 10.1 Å². The van der Waals surface area contributed by atoms with Gasteiger partial charge >= 0.3 is 0 Å². The van der Waals surface area contributed by atoms with E-state index in [-0.39, 0.29) is 12.1 Å². The summed E-state index contributed by atoms with van der Waals surface area (Å²) in [5, 5.41) is 9.31. The Labute approximate surface area is 112 Å². The molecule has 0 aromatic heterocycles. The second-order valence-electron chi connectivity index (χ2n) is 5.21. The van der Waals surface area contributed by atoms with Crippen LogP contribution in [0.4, 0.5) is 5.69 Å². The Bertz CT molecular complexity index is 546. The fraction of sp³-hybridized carbons (Fsp3) is 0.467. The molecule has 2 aliphatic heterocycles. The quantitative estimate of drug-likeness (QED) is 0.814. The van der Waals surface area contributed by atoms with Crippen molar-refractivity contribution in [3.05, 3.63) is 23.8 Å². The molecule has 0 saturated carbocycles. The predicted molar refractivity (Wildman–Crippen MR) is 71.2 cm³/mol. The van der Waals surface area contributed by atoms with Crippen LogP contribution in [-0.4, -0.2) is 25.0 Å². The third-order valence-electron chi connectivity index (χ3n) is 4.14. The van der Waals surface area contributed by atoms with Crippen LogP contribution in [0.25, 0.3) is 0 Å². The van der Waals surface area contributed by atoms with E-state index in [0.29, 0.717) is 24.2 Å². The maximum Gasteiger partial charge on any atom is 0.143 e. The minimum Gasteiger partial charge on any atom is -0.495 e. The van der Waals surface area contributed by atoms with Gasteiger partial charge in [0.2, 0.25) is 0 Å². The Morgan fingerprint density at radius 3 is 2.58 bits per heavy atom.